The fourth-order valence-electron chi connectivity index (χ4n) is 3.84. The smallest absolute Gasteiger partial charge is 0.278 e. The minimum atomic E-state index is -3.33. The number of para-hydroxylation sites is 1. The van der Waals surface area contributed by atoms with Gasteiger partial charge in [0.05, 0.1) is 26.2 Å². The first-order valence-electron chi connectivity index (χ1n) is 11.2. The van der Waals surface area contributed by atoms with Crippen LogP contribution in [0.5, 0.6) is 0 Å². The number of carbonyl (C=O) groups excluding carboxylic acids is 1. The molecule has 186 valence electrons. The molecule has 7 nitrogen and oxygen atoms in total. The van der Waals surface area contributed by atoms with Crippen LogP contribution in [0.25, 0.3) is 26.7 Å². The number of anilines is 1. The highest BCUT2D eigenvalue weighted by Crippen LogP contribution is 2.37. The van der Waals surface area contributed by atoms with Gasteiger partial charge in [0.25, 0.3) is 5.91 Å². The van der Waals surface area contributed by atoms with Gasteiger partial charge in [-0.25, -0.2) is 13.1 Å². The number of rotatable bonds is 6. The average molecular weight is 549 g/mol. The molecule has 2 aromatic carbocycles. The van der Waals surface area contributed by atoms with E-state index in [9.17, 15) is 13.2 Å². The topological polar surface area (TPSA) is 85.2 Å². The first kappa shape index (κ1) is 24.9. The van der Waals surface area contributed by atoms with Gasteiger partial charge in [0.15, 0.2) is 15.5 Å². The second-order valence-corrected chi connectivity index (χ2v) is 11.8. The highest BCUT2D eigenvalue weighted by atomic mass is 35.5. The summed E-state index contributed by atoms with van der Waals surface area (Å²) in [6.07, 6.45) is 4.44. The predicted molar refractivity (Wildman–Crippen MR) is 147 cm³/mol. The zero-order valence-electron chi connectivity index (χ0n) is 19.9. The standard InChI is InChI=1S/C27H21ClN4O3S2/c1-31(19-12-14-29-15-13-19)27(33)22-17-24(32(30-22)23-9-4-3-8-21(23)28)26-11-10-25(36-26)18-6-5-7-20(16-18)37(2,34)35/h3-17H,1-2H3. The van der Waals surface area contributed by atoms with E-state index in [0.29, 0.717) is 22.1 Å². The minimum absolute atomic E-state index is 0.253. The lowest BCUT2D eigenvalue weighted by Crippen LogP contribution is -2.26. The van der Waals surface area contributed by atoms with Crippen LogP contribution in [0.15, 0.2) is 96.2 Å². The number of hydrogen-bond donors (Lipinski definition) is 0. The lowest BCUT2D eigenvalue weighted by molar-refractivity contribution is 0.0988. The molecule has 0 aliphatic rings. The van der Waals surface area contributed by atoms with Gasteiger partial charge in [-0.2, -0.15) is 5.10 Å². The van der Waals surface area contributed by atoms with Crippen LogP contribution < -0.4 is 4.90 Å². The first-order valence-corrected chi connectivity index (χ1v) is 14.2. The van der Waals surface area contributed by atoms with E-state index in [1.54, 1.807) is 66.6 Å². The summed E-state index contributed by atoms with van der Waals surface area (Å²) in [6, 6.07) is 23.2. The summed E-state index contributed by atoms with van der Waals surface area (Å²) >= 11 is 7.98. The number of benzene rings is 2. The van der Waals surface area contributed by atoms with Crippen molar-refractivity contribution in [3.8, 4) is 26.7 Å². The third-order valence-corrected chi connectivity index (χ3v) is 8.36. The third kappa shape index (κ3) is 5.06. The quantitative estimate of drug-likeness (QED) is 0.260. The maximum absolute atomic E-state index is 13.4. The summed E-state index contributed by atoms with van der Waals surface area (Å²) in [7, 11) is -1.65. The van der Waals surface area contributed by atoms with E-state index in [0.717, 1.165) is 15.3 Å². The number of halogens is 1. The third-order valence-electron chi connectivity index (χ3n) is 5.77. The van der Waals surface area contributed by atoms with Crippen molar-refractivity contribution in [2.75, 3.05) is 18.2 Å². The van der Waals surface area contributed by atoms with Gasteiger partial charge in [0.2, 0.25) is 0 Å². The van der Waals surface area contributed by atoms with Crippen molar-refractivity contribution in [2.24, 2.45) is 0 Å². The number of hydrogen-bond acceptors (Lipinski definition) is 6. The van der Waals surface area contributed by atoms with Gasteiger partial charge < -0.3 is 4.90 Å². The number of aromatic nitrogens is 3. The molecule has 5 aromatic rings. The number of carbonyl (C=O) groups is 1. The summed E-state index contributed by atoms with van der Waals surface area (Å²) in [5, 5.41) is 5.14. The van der Waals surface area contributed by atoms with Crippen LogP contribution >= 0.6 is 22.9 Å². The van der Waals surface area contributed by atoms with Gasteiger partial charge in [-0.05, 0) is 60.2 Å². The number of pyridine rings is 1. The van der Waals surface area contributed by atoms with E-state index in [1.807, 2.05) is 36.4 Å². The Bertz CT molecular complexity index is 1710. The van der Waals surface area contributed by atoms with E-state index in [-0.39, 0.29) is 16.5 Å². The van der Waals surface area contributed by atoms with E-state index in [2.05, 4.69) is 10.1 Å². The molecule has 0 unspecified atom stereocenters. The molecule has 5 rings (SSSR count). The molecule has 0 atom stereocenters. The van der Waals surface area contributed by atoms with Crippen LogP contribution in [0.1, 0.15) is 10.5 Å². The molecule has 0 fully saturated rings. The van der Waals surface area contributed by atoms with Gasteiger partial charge in [0.1, 0.15) is 0 Å². The van der Waals surface area contributed by atoms with Crippen molar-refractivity contribution in [3.63, 3.8) is 0 Å². The molecule has 1 amide bonds. The van der Waals surface area contributed by atoms with Crippen LogP contribution in [-0.2, 0) is 9.84 Å². The van der Waals surface area contributed by atoms with Crippen molar-refractivity contribution in [1.82, 2.24) is 14.8 Å². The van der Waals surface area contributed by atoms with Crippen molar-refractivity contribution in [2.45, 2.75) is 4.90 Å². The Morgan fingerprint density at radius 1 is 0.946 bits per heavy atom. The molecule has 3 aromatic heterocycles. The van der Waals surface area contributed by atoms with Crippen molar-refractivity contribution >= 4 is 44.4 Å². The van der Waals surface area contributed by atoms with Crippen LogP contribution in [-0.4, -0.2) is 42.4 Å². The predicted octanol–water partition coefficient (Wildman–Crippen LogP) is 6.00. The van der Waals surface area contributed by atoms with Crippen LogP contribution in [0.4, 0.5) is 5.69 Å². The molecule has 0 N–H and O–H groups in total. The zero-order valence-corrected chi connectivity index (χ0v) is 22.3. The molecule has 0 bridgehead atoms. The summed E-state index contributed by atoms with van der Waals surface area (Å²) in [5.74, 6) is -0.282. The molecule has 3 heterocycles. The monoisotopic (exact) mass is 548 g/mol. The Kier molecular flexibility index (Phi) is 6.68. The Labute approximate surface area is 223 Å². The van der Waals surface area contributed by atoms with Gasteiger partial charge in [0, 0.05) is 36.3 Å². The highest BCUT2D eigenvalue weighted by molar-refractivity contribution is 7.90. The molecular weight excluding hydrogens is 528 g/mol. The first-order chi connectivity index (χ1) is 17.7. The number of nitrogens with zero attached hydrogens (tertiary/aromatic N) is 4. The normalized spacial score (nSPS) is 11.4. The van der Waals surface area contributed by atoms with Gasteiger partial charge in [-0.1, -0.05) is 35.9 Å². The molecule has 0 aliphatic carbocycles. The van der Waals surface area contributed by atoms with E-state index in [1.165, 1.54) is 22.5 Å². The highest BCUT2D eigenvalue weighted by Gasteiger charge is 2.22. The van der Waals surface area contributed by atoms with Gasteiger partial charge in [-0.15, -0.1) is 11.3 Å². The minimum Gasteiger partial charge on any atom is -0.310 e. The largest absolute Gasteiger partial charge is 0.310 e. The van der Waals surface area contributed by atoms with E-state index in [4.69, 9.17) is 11.6 Å². The maximum Gasteiger partial charge on any atom is 0.278 e. The van der Waals surface area contributed by atoms with Gasteiger partial charge in [-0.3, -0.25) is 9.78 Å². The van der Waals surface area contributed by atoms with E-state index < -0.39 is 9.84 Å². The Morgan fingerprint density at radius 3 is 2.41 bits per heavy atom. The number of amides is 1. The zero-order chi connectivity index (χ0) is 26.2. The number of sulfone groups is 1. The Hall–Kier alpha value is -3.79. The summed E-state index contributed by atoms with van der Waals surface area (Å²) in [5.41, 5.74) is 3.06. The van der Waals surface area contributed by atoms with Crippen molar-refractivity contribution < 1.29 is 13.2 Å². The van der Waals surface area contributed by atoms with Crippen molar-refractivity contribution in [1.29, 1.82) is 0 Å². The SMILES string of the molecule is CN(C(=O)c1cc(-c2ccc(-c3cccc(S(C)(=O)=O)c3)s2)n(-c2ccccc2Cl)n1)c1ccncc1. The van der Waals surface area contributed by atoms with Crippen molar-refractivity contribution in [3.05, 3.63) is 102 Å². The second kappa shape index (κ2) is 9.93. The van der Waals surface area contributed by atoms with Crippen LogP contribution in [0, 0.1) is 0 Å². The molecule has 37 heavy (non-hydrogen) atoms. The molecule has 0 radical (unpaired) electrons. The maximum atomic E-state index is 13.4. The Balaban J connectivity index is 1.59. The molecule has 0 saturated heterocycles. The Morgan fingerprint density at radius 2 is 1.68 bits per heavy atom. The molecule has 0 saturated carbocycles. The fourth-order valence-corrected chi connectivity index (χ4v) is 5.72. The van der Waals surface area contributed by atoms with Gasteiger partial charge >= 0.3 is 0 Å². The summed E-state index contributed by atoms with van der Waals surface area (Å²) in [6.45, 7) is 0. The summed E-state index contributed by atoms with van der Waals surface area (Å²) in [4.78, 5) is 20.9. The average Bonchev–Trinajstić information content (AvgIpc) is 3.56. The van der Waals surface area contributed by atoms with Crippen LogP contribution in [0.3, 0.4) is 0 Å². The molecule has 0 aliphatic heterocycles. The fraction of sp³-hybridized carbons (Fsp3) is 0.0741. The number of thiophene rings is 1. The van der Waals surface area contributed by atoms with Crippen LogP contribution in [0.2, 0.25) is 5.02 Å². The second-order valence-electron chi connectivity index (χ2n) is 8.31. The van der Waals surface area contributed by atoms with E-state index >= 15 is 0 Å². The lowest BCUT2D eigenvalue weighted by atomic mass is 10.2. The molecule has 10 heteroatoms. The summed E-state index contributed by atoms with van der Waals surface area (Å²) < 4.78 is 25.7. The molecule has 0 spiro atoms. The lowest BCUT2D eigenvalue weighted by Gasteiger charge is -2.15. The molecular formula is C27H21ClN4O3S2.